The zero-order valence-electron chi connectivity index (χ0n) is 10.2. The van der Waals surface area contributed by atoms with Gasteiger partial charge in [-0.2, -0.15) is 13.2 Å². The molecule has 1 heterocycles. The van der Waals surface area contributed by atoms with Crippen molar-refractivity contribution in [1.82, 2.24) is 0 Å². The molecular weight excluding hydrogens is 277 g/mol. The zero-order chi connectivity index (χ0) is 14.9. The molecule has 0 aromatic heterocycles. The van der Waals surface area contributed by atoms with Crippen LogP contribution in [0.3, 0.4) is 0 Å². The molecule has 7 heteroatoms. The minimum Gasteiger partial charge on any atom is -0.456 e. The summed E-state index contributed by atoms with van der Waals surface area (Å²) < 4.78 is 41.7. The average Bonchev–Trinajstić information content (AvgIpc) is 2.65. The summed E-state index contributed by atoms with van der Waals surface area (Å²) in [6.45, 7) is 0. The fraction of sp³-hybridized carbons (Fsp3) is 0.462. The number of hydrogen-bond acceptors (Lipinski definition) is 4. The molecule has 0 bridgehead atoms. The maximum absolute atomic E-state index is 12.3. The fourth-order valence-corrected chi connectivity index (χ4v) is 2.20. The van der Waals surface area contributed by atoms with Crippen LogP contribution in [-0.4, -0.2) is 34.6 Å². The predicted octanol–water partition coefficient (Wildman–Crippen LogP) is 1.57. The van der Waals surface area contributed by atoms with Crippen LogP contribution in [0.1, 0.15) is 18.1 Å². The van der Waals surface area contributed by atoms with Gasteiger partial charge in [0.2, 0.25) is 0 Å². The molecule has 1 fully saturated rings. The van der Waals surface area contributed by atoms with Gasteiger partial charge in [-0.25, -0.2) is 0 Å². The second-order valence-electron chi connectivity index (χ2n) is 4.67. The first-order valence-electron chi connectivity index (χ1n) is 5.98. The number of cyclic esters (lactones) is 1. The maximum Gasteiger partial charge on any atom is 0.390 e. The number of aliphatic hydroxyl groups is 2. The lowest BCUT2D eigenvalue weighted by Crippen LogP contribution is -2.34. The van der Waals surface area contributed by atoms with Crippen LogP contribution in [0.4, 0.5) is 13.2 Å². The van der Waals surface area contributed by atoms with Gasteiger partial charge in [-0.15, -0.1) is 0 Å². The molecule has 0 amide bonds. The predicted molar refractivity (Wildman–Crippen MR) is 61.5 cm³/mol. The summed E-state index contributed by atoms with van der Waals surface area (Å²) in [7, 11) is 0. The number of esters is 1. The second kappa shape index (κ2) is 5.41. The number of alkyl halides is 3. The molecule has 110 valence electrons. The number of rotatable bonds is 3. The van der Waals surface area contributed by atoms with Crippen molar-refractivity contribution in [1.29, 1.82) is 0 Å². The Morgan fingerprint density at radius 1 is 1.25 bits per heavy atom. The minimum absolute atomic E-state index is 0.358. The minimum atomic E-state index is -4.59. The van der Waals surface area contributed by atoms with Crippen molar-refractivity contribution in [3.8, 4) is 0 Å². The van der Waals surface area contributed by atoms with Crippen molar-refractivity contribution >= 4 is 5.97 Å². The SMILES string of the molecule is O=C1O[C@H]([C@@H](O)c2ccccc2)[C@@H](O)[C@@H]1CC(F)(F)F. The van der Waals surface area contributed by atoms with Crippen molar-refractivity contribution in [3.63, 3.8) is 0 Å². The highest BCUT2D eigenvalue weighted by Gasteiger charge is 2.51. The van der Waals surface area contributed by atoms with E-state index in [0.717, 1.165) is 0 Å². The molecule has 0 radical (unpaired) electrons. The lowest BCUT2D eigenvalue weighted by molar-refractivity contribution is -0.162. The van der Waals surface area contributed by atoms with Gasteiger partial charge < -0.3 is 14.9 Å². The van der Waals surface area contributed by atoms with Gasteiger partial charge in [0.05, 0.1) is 12.3 Å². The summed E-state index contributed by atoms with van der Waals surface area (Å²) in [5.41, 5.74) is 0.358. The molecule has 20 heavy (non-hydrogen) atoms. The van der Waals surface area contributed by atoms with E-state index in [1.54, 1.807) is 18.2 Å². The lowest BCUT2D eigenvalue weighted by Gasteiger charge is -2.21. The molecule has 1 aliphatic rings. The van der Waals surface area contributed by atoms with E-state index in [0.29, 0.717) is 5.56 Å². The third-order valence-electron chi connectivity index (χ3n) is 3.21. The number of aliphatic hydroxyl groups excluding tert-OH is 2. The Morgan fingerprint density at radius 3 is 2.40 bits per heavy atom. The van der Waals surface area contributed by atoms with Crippen molar-refractivity contribution < 1.29 is 32.9 Å². The molecule has 0 spiro atoms. The van der Waals surface area contributed by atoms with Crippen LogP contribution < -0.4 is 0 Å². The third kappa shape index (κ3) is 3.10. The number of halogens is 3. The zero-order valence-corrected chi connectivity index (χ0v) is 10.2. The number of carbonyl (C=O) groups excluding carboxylic acids is 1. The van der Waals surface area contributed by atoms with Gasteiger partial charge >= 0.3 is 12.1 Å². The van der Waals surface area contributed by atoms with Crippen LogP contribution in [0, 0.1) is 5.92 Å². The van der Waals surface area contributed by atoms with E-state index in [1.807, 2.05) is 0 Å². The van der Waals surface area contributed by atoms with Crippen LogP contribution in [0.2, 0.25) is 0 Å². The van der Waals surface area contributed by atoms with E-state index in [1.165, 1.54) is 12.1 Å². The molecule has 1 aliphatic heterocycles. The maximum atomic E-state index is 12.3. The average molecular weight is 290 g/mol. The molecule has 0 unspecified atom stereocenters. The lowest BCUT2D eigenvalue weighted by atomic mass is 9.92. The molecule has 1 aromatic carbocycles. The second-order valence-corrected chi connectivity index (χ2v) is 4.67. The Balaban J connectivity index is 2.13. The molecule has 4 atom stereocenters. The van der Waals surface area contributed by atoms with Crippen molar-refractivity contribution in [3.05, 3.63) is 35.9 Å². The number of carbonyl (C=O) groups is 1. The van der Waals surface area contributed by atoms with Crippen LogP contribution in [-0.2, 0) is 9.53 Å². The van der Waals surface area contributed by atoms with Crippen molar-refractivity contribution in [2.24, 2.45) is 5.92 Å². The molecule has 1 saturated heterocycles. The van der Waals surface area contributed by atoms with Crippen molar-refractivity contribution in [2.75, 3.05) is 0 Å². The van der Waals surface area contributed by atoms with Crippen LogP contribution in [0.5, 0.6) is 0 Å². The van der Waals surface area contributed by atoms with E-state index in [2.05, 4.69) is 0 Å². The van der Waals surface area contributed by atoms with Crippen LogP contribution in [0.15, 0.2) is 30.3 Å². The van der Waals surface area contributed by atoms with Gasteiger partial charge in [0.25, 0.3) is 0 Å². The third-order valence-corrected chi connectivity index (χ3v) is 3.21. The summed E-state index contributed by atoms with van der Waals surface area (Å²) in [5, 5.41) is 19.8. The Bertz CT molecular complexity index is 474. The van der Waals surface area contributed by atoms with E-state index in [4.69, 9.17) is 4.74 Å². The molecular formula is C13H13F3O4. The smallest absolute Gasteiger partial charge is 0.390 e. The molecule has 2 N–H and O–H groups in total. The van der Waals surface area contributed by atoms with Gasteiger partial charge in [-0.05, 0) is 5.56 Å². The highest BCUT2D eigenvalue weighted by Crippen LogP contribution is 2.37. The monoisotopic (exact) mass is 290 g/mol. The van der Waals surface area contributed by atoms with Gasteiger partial charge in [-0.1, -0.05) is 30.3 Å². The molecule has 1 aromatic rings. The summed E-state index contributed by atoms with van der Waals surface area (Å²) in [4.78, 5) is 11.4. The first-order chi connectivity index (χ1) is 9.29. The van der Waals surface area contributed by atoms with E-state index < -0.39 is 42.8 Å². The molecule has 0 aliphatic carbocycles. The standard InChI is InChI=1S/C13H13F3O4/c14-13(15,16)6-8-10(18)11(20-12(8)19)9(17)7-4-2-1-3-5-7/h1-5,8-11,17-18H,6H2/t8-,9-,10-,11+/m0/s1. The van der Waals surface area contributed by atoms with E-state index in [9.17, 15) is 28.2 Å². The first-order valence-corrected chi connectivity index (χ1v) is 5.98. The van der Waals surface area contributed by atoms with Gasteiger partial charge in [0, 0.05) is 0 Å². The molecule has 2 rings (SSSR count). The van der Waals surface area contributed by atoms with Crippen LogP contribution >= 0.6 is 0 Å². The Morgan fingerprint density at radius 2 is 1.85 bits per heavy atom. The quantitative estimate of drug-likeness (QED) is 0.829. The van der Waals surface area contributed by atoms with E-state index in [-0.39, 0.29) is 0 Å². The van der Waals surface area contributed by atoms with E-state index >= 15 is 0 Å². The Hall–Kier alpha value is -1.60. The summed E-state index contributed by atoms with van der Waals surface area (Å²) in [6.07, 6.45) is -10.5. The van der Waals surface area contributed by atoms with Gasteiger partial charge in [0.15, 0.2) is 6.10 Å². The number of benzene rings is 1. The largest absolute Gasteiger partial charge is 0.456 e. The summed E-state index contributed by atoms with van der Waals surface area (Å²) in [6, 6.07) is 7.99. The highest BCUT2D eigenvalue weighted by molar-refractivity contribution is 5.76. The summed E-state index contributed by atoms with van der Waals surface area (Å²) >= 11 is 0. The van der Waals surface area contributed by atoms with Crippen molar-refractivity contribution in [2.45, 2.75) is 30.9 Å². The van der Waals surface area contributed by atoms with Gasteiger partial charge in [0.1, 0.15) is 12.2 Å². The normalized spacial score (nSPS) is 28.2. The Kier molecular flexibility index (Phi) is 4.01. The fourth-order valence-electron chi connectivity index (χ4n) is 2.20. The van der Waals surface area contributed by atoms with Crippen LogP contribution in [0.25, 0.3) is 0 Å². The van der Waals surface area contributed by atoms with Gasteiger partial charge in [-0.3, -0.25) is 4.79 Å². The summed E-state index contributed by atoms with van der Waals surface area (Å²) in [5.74, 6) is -2.84. The topological polar surface area (TPSA) is 66.8 Å². The molecule has 0 saturated carbocycles. The first kappa shape index (κ1) is 14.8. The highest BCUT2D eigenvalue weighted by atomic mass is 19.4. The number of ether oxygens (including phenoxy) is 1. The number of hydrogen-bond donors (Lipinski definition) is 2. The molecule has 4 nitrogen and oxygen atoms in total. The Labute approximate surface area is 112 Å².